The fraction of sp³-hybridized carbons (Fsp3) is 0.312. The zero-order valence-electron chi connectivity index (χ0n) is 12.2. The number of carboxylic acid groups (broad SMARTS) is 1. The minimum Gasteiger partial charge on any atom is -0.481 e. The fourth-order valence-electron chi connectivity index (χ4n) is 2.19. The van der Waals surface area contributed by atoms with Crippen molar-refractivity contribution in [2.75, 3.05) is 0 Å². The van der Waals surface area contributed by atoms with E-state index >= 15 is 0 Å². The lowest BCUT2D eigenvalue weighted by atomic mass is 9.99. The van der Waals surface area contributed by atoms with Crippen LogP contribution in [0.3, 0.4) is 0 Å². The van der Waals surface area contributed by atoms with E-state index in [2.05, 4.69) is 25.9 Å². The molecule has 2 aromatic rings. The molecular formula is C16H17BrN2O2. The maximum atomic E-state index is 11.0. The van der Waals surface area contributed by atoms with Crippen molar-refractivity contribution in [2.45, 2.75) is 27.2 Å². The first-order valence-corrected chi connectivity index (χ1v) is 7.50. The van der Waals surface area contributed by atoms with Crippen LogP contribution in [0.4, 0.5) is 0 Å². The fourth-order valence-corrected chi connectivity index (χ4v) is 2.58. The van der Waals surface area contributed by atoms with Crippen molar-refractivity contribution in [1.29, 1.82) is 0 Å². The molecule has 0 saturated carbocycles. The molecule has 0 fully saturated rings. The summed E-state index contributed by atoms with van der Waals surface area (Å²) in [6, 6.07) is 7.81. The molecule has 0 aliphatic heterocycles. The molecule has 110 valence electrons. The second kappa shape index (κ2) is 6.35. The second-order valence-electron chi connectivity index (χ2n) is 5.15. The SMILES string of the molecule is Cc1nc(-c2cccc(Br)c2)nc(C)c1CC(C)C(=O)O. The Morgan fingerprint density at radius 3 is 2.43 bits per heavy atom. The molecule has 5 heteroatoms. The number of hydrogen-bond acceptors (Lipinski definition) is 3. The Kier molecular flexibility index (Phi) is 4.73. The summed E-state index contributed by atoms with van der Waals surface area (Å²) in [5.41, 5.74) is 3.54. The first kappa shape index (κ1) is 15.6. The zero-order chi connectivity index (χ0) is 15.6. The Morgan fingerprint density at radius 2 is 1.90 bits per heavy atom. The summed E-state index contributed by atoms with van der Waals surface area (Å²) in [5, 5.41) is 9.04. The number of carbonyl (C=O) groups is 1. The standard InChI is InChI=1S/C16H17BrN2O2/c1-9(16(20)21)7-14-10(2)18-15(19-11(14)3)12-5-4-6-13(17)8-12/h4-6,8-9H,7H2,1-3H3,(H,20,21). The zero-order valence-corrected chi connectivity index (χ0v) is 13.8. The number of rotatable bonds is 4. The maximum Gasteiger partial charge on any atom is 0.306 e. The molecule has 2 rings (SSSR count). The lowest BCUT2D eigenvalue weighted by Crippen LogP contribution is -2.15. The van der Waals surface area contributed by atoms with Gasteiger partial charge in [0.1, 0.15) is 0 Å². The van der Waals surface area contributed by atoms with Crippen molar-refractivity contribution < 1.29 is 9.90 Å². The van der Waals surface area contributed by atoms with Gasteiger partial charge in [-0.05, 0) is 38.0 Å². The van der Waals surface area contributed by atoms with Crippen LogP contribution in [-0.4, -0.2) is 21.0 Å². The van der Waals surface area contributed by atoms with Crippen LogP contribution in [0.5, 0.6) is 0 Å². The van der Waals surface area contributed by atoms with E-state index in [4.69, 9.17) is 5.11 Å². The van der Waals surface area contributed by atoms with E-state index in [0.717, 1.165) is 27.0 Å². The van der Waals surface area contributed by atoms with Crippen LogP contribution >= 0.6 is 15.9 Å². The van der Waals surface area contributed by atoms with E-state index in [9.17, 15) is 4.79 Å². The highest BCUT2D eigenvalue weighted by molar-refractivity contribution is 9.10. The number of aryl methyl sites for hydroxylation is 2. The molecule has 1 atom stereocenters. The van der Waals surface area contributed by atoms with Gasteiger partial charge in [-0.25, -0.2) is 9.97 Å². The second-order valence-corrected chi connectivity index (χ2v) is 6.07. The lowest BCUT2D eigenvalue weighted by molar-refractivity contribution is -0.141. The van der Waals surface area contributed by atoms with Crippen LogP contribution in [0.1, 0.15) is 23.9 Å². The smallest absolute Gasteiger partial charge is 0.306 e. The summed E-state index contributed by atoms with van der Waals surface area (Å²) >= 11 is 3.44. The highest BCUT2D eigenvalue weighted by Crippen LogP contribution is 2.23. The Hall–Kier alpha value is -1.75. The third-order valence-corrected chi connectivity index (χ3v) is 3.93. The molecule has 0 saturated heterocycles. The largest absolute Gasteiger partial charge is 0.481 e. The molecule has 1 N–H and O–H groups in total. The van der Waals surface area contributed by atoms with Crippen molar-refractivity contribution in [3.63, 3.8) is 0 Å². The number of aromatic nitrogens is 2. The molecule has 21 heavy (non-hydrogen) atoms. The van der Waals surface area contributed by atoms with Gasteiger partial charge in [0.25, 0.3) is 0 Å². The van der Waals surface area contributed by atoms with Crippen molar-refractivity contribution >= 4 is 21.9 Å². The topological polar surface area (TPSA) is 63.1 Å². The molecule has 1 aromatic carbocycles. The molecule has 0 amide bonds. The minimum atomic E-state index is -0.801. The monoisotopic (exact) mass is 348 g/mol. The van der Waals surface area contributed by atoms with E-state index < -0.39 is 11.9 Å². The number of hydrogen-bond donors (Lipinski definition) is 1. The molecule has 0 spiro atoms. The molecule has 4 nitrogen and oxygen atoms in total. The molecule has 0 bridgehead atoms. The number of nitrogens with zero attached hydrogens (tertiary/aromatic N) is 2. The van der Waals surface area contributed by atoms with Crippen molar-refractivity contribution in [1.82, 2.24) is 9.97 Å². The quantitative estimate of drug-likeness (QED) is 0.912. The first-order valence-electron chi connectivity index (χ1n) is 6.71. The van der Waals surface area contributed by atoms with Gasteiger partial charge in [-0.15, -0.1) is 0 Å². The number of carboxylic acids is 1. The van der Waals surface area contributed by atoms with E-state index in [1.807, 2.05) is 38.1 Å². The molecule has 1 unspecified atom stereocenters. The third-order valence-electron chi connectivity index (χ3n) is 3.44. The average Bonchev–Trinajstić information content (AvgIpc) is 2.42. The molecule has 0 aliphatic carbocycles. The van der Waals surface area contributed by atoms with Crippen molar-refractivity contribution in [3.05, 3.63) is 45.7 Å². The Bertz CT molecular complexity index is 663. The predicted octanol–water partition coefficient (Wildman–Crippen LogP) is 3.79. The number of halogens is 1. The van der Waals surface area contributed by atoms with Crippen LogP contribution in [-0.2, 0) is 11.2 Å². The predicted molar refractivity (Wildman–Crippen MR) is 85.1 cm³/mol. The summed E-state index contributed by atoms with van der Waals surface area (Å²) in [4.78, 5) is 20.1. The Morgan fingerprint density at radius 1 is 1.29 bits per heavy atom. The summed E-state index contributed by atoms with van der Waals surface area (Å²) < 4.78 is 0.975. The lowest BCUT2D eigenvalue weighted by Gasteiger charge is -2.13. The van der Waals surface area contributed by atoms with E-state index in [1.54, 1.807) is 6.92 Å². The normalized spacial score (nSPS) is 12.2. The van der Waals surface area contributed by atoms with Gasteiger partial charge in [-0.1, -0.05) is 35.0 Å². The third kappa shape index (κ3) is 3.67. The number of benzene rings is 1. The first-order chi connectivity index (χ1) is 9.88. The summed E-state index contributed by atoms with van der Waals surface area (Å²) in [6.45, 7) is 5.50. The summed E-state index contributed by atoms with van der Waals surface area (Å²) in [7, 11) is 0. The number of aliphatic carboxylic acids is 1. The van der Waals surface area contributed by atoms with Gasteiger partial charge in [0.15, 0.2) is 5.82 Å². The van der Waals surface area contributed by atoms with Gasteiger partial charge in [0.05, 0.1) is 5.92 Å². The van der Waals surface area contributed by atoms with Crippen LogP contribution in [0.25, 0.3) is 11.4 Å². The van der Waals surface area contributed by atoms with Crippen LogP contribution in [0.15, 0.2) is 28.7 Å². The van der Waals surface area contributed by atoms with Crippen molar-refractivity contribution in [2.24, 2.45) is 5.92 Å². The van der Waals surface area contributed by atoms with Crippen molar-refractivity contribution in [3.8, 4) is 11.4 Å². The van der Waals surface area contributed by atoms with Gasteiger partial charge in [-0.2, -0.15) is 0 Å². The molecule has 1 heterocycles. The van der Waals surface area contributed by atoms with E-state index in [0.29, 0.717) is 12.2 Å². The molecule has 0 radical (unpaired) electrons. The van der Waals surface area contributed by atoms with Gasteiger partial charge in [0, 0.05) is 21.4 Å². The Balaban J connectivity index is 2.39. The van der Waals surface area contributed by atoms with Crippen LogP contribution in [0, 0.1) is 19.8 Å². The Labute approximate surface area is 132 Å². The molecular weight excluding hydrogens is 332 g/mol. The van der Waals surface area contributed by atoms with Gasteiger partial charge < -0.3 is 5.11 Å². The highest BCUT2D eigenvalue weighted by Gasteiger charge is 2.17. The molecule has 0 aliphatic rings. The van der Waals surface area contributed by atoms with Crippen LogP contribution in [0.2, 0.25) is 0 Å². The van der Waals surface area contributed by atoms with Gasteiger partial charge in [0.2, 0.25) is 0 Å². The molecule has 1 aromatic heterocycles. The summed E-state index contributed by atoms with van der Waals surface area (Å²) in [5.74, 6) is -0.578. The summed E-state index contributed by atoms with van der Waals surface area (Å²) in [6.07, 6.45) is 0.450. The van der Waals surface area contributed by atoms with E-state index in [1.165, 1.54) is 0 Å². The highest BCUT2D eigenvalue weighted by atomic mass is 79.9. The van der Waals surface area contributed by atoms with E-state index in [-0.39, 0.29) is 0 Å². The van der Waals surface area contributed by atoms with Crippen LogP contribution < -0.4 is 0 Å². The minimum absolute atomic E-state index is 0.442. The van der Waals surface area contributed by atoms with Gasteiger partial charge >= 0.3 is 5.97 Å². The van der Waals surface area contributed by atoms with Gasteiger partial charge in [-0.3, -0.25) is 4.79 Å². The average molecular weight is 349 g/mol. The maximum absolute atomic E-state index is 11.0.